The highest BCUT2D eigenvalue weighted by atomic mass is 32.1. The van der Waals surface area contributed by atoms with Crippen LogP contribution in [0.15, 0.2) is 5.51 Å². The molecular weight excluding hydrogens is 258 g/mol. The van der Waals surface area contributed by atoms with Crippen molar-refractivity contribution < 1.29 is 4.74 Å². The first kappa shape index (κ1) is 14.9. The van der Waals surface area contributed by atoms with Gasteiger partial charge in [-0.25, -0.2) is 4.98 Å². The van der Waals surface area contributed by atoms with Crippen LogP contribution in [0, 0.1) is 12.8 Å². The first-order valence-electron chi connectivity index (χ1n) is 7.10. The molecule has 108 valence electrons. The second-order valence-electron chi connectivity index (χ2n) is 5.28. The van der Waals surface area contributed by atoms with Crippen molar-refractivity contribution in [2.45, 2.75) is 26.3 Å². The van der Waals surface area contributed by atoms with Crippen molar-refractivity contribution in [3.63, 3.8) is 0 Å². The number of nitrogens with one attached hydrogen (secondary N) is 1. The van der Waals surface area contributed by atoms with Crippen LogP contribution >= 0.6 is 11.3 Å². The molecule has 1 aliphatic rings. The highest BCUT2D eigenvalue weighted by molar-refractivity contribution is 7.09. The summed E-state index contributed by atoms with van der Waals surface area (Å²) >= 11 is 1.77. The molecule has 0 amide bonds. The van der Waals surface area contributed by atoms with Gasteiger partial charge in [0.05, 0.1) is 17.8 Å². The molecule has 1 N–H and O–H groups in total. The van der Waals surface area contributed by atoms with E-state index >= 15 is 0 Å². The molecule has 4 nitrogen and oxygen atoms in total. The molecule has 0 radical (unpaired) electrons. The van der Waals surface area contributed by atoms with Gasteiger partial charge < -0.3 is 10.1 Å². The second kappa shape index (κ2) is 7.94. The maximum Gasteiger partial charge on any atom is 0.0798 e. The molecule has 0 unspecified atom stereocenters. The van der Waals surface area contributed by atoms with Gasteiger partial charge in [0.25, 0.3) is 0 Å². The van der Waals surface area contributed by atoms with Gasteiger partial charge in [0, 0.05) is 31.6 Å². The summed E-state index contributed by atoms with van der Waals surface area (Å²) in [5, 5.41) is 3.43. The van der Waals surface area contributed by atoms with Gasteiger partial charge in [0.2, 0.25) is 0 Å². The molecule has 2 heterocycles. The zero-order valence-electron chi connectivity index (χ0n) is 12.0. The van der Waals surface area contributed by atoms with Gasteiger partial charge in [-0.3, -0.25) is 4.90 Å². The lowest BCUT2D eigenvalue weighted by Gasteiger charge is -2.29. The van der Waals surface area contributed by atoms with E-state index in [1.807, 2.05) is 5.51 Å². The molecule has 0 aromatic carbocycles. The Morgan fingerprint density at radius 2 is 2.26 bits per heavy atom. The molecule has 0 saturated carbocycles. The normalized spacial score (nSPS) is 17.2. The van der Waals surface area contributed by atoms with Crippen LogP contribution in [0.2, 0.25) is 0 Å². The molecular formula is C14H25N3OS. The van der Waals surface area contributed by atoms with E-state index in [0.717, 1.165) is 25.6 Å². The molecule has 0 atom stereocenters. The van der Waals surface area contributed by atoms with E-state index in [0.29, 0.717) is 0 Å². The van der Waals surface area contributed by atoms with Crippen molar-refractivity contribution in [2.24, 2.45) is 5.92 Å². The Morgan fingerprint density at radius 3 is 2.89 bits per heavy atom. The Morgan fingerprint density at radius 1 is 1.47 bits per heavy atom. The molecule has 1 aliphatic heterocycles. The highest BCUT2D eigenvalue weighted by Crippen LogP contribution is 2.18. The predicted octanol–water partition coefficient (Wildman–Crippen LogP) is 1.90. The number of rotatable bonds is 7. The van der Waals surface area contributed by atoms with E-state index in [-0.39, 0.29) is 0 Å². The monoisotopic (exact) mass is 283 g/mol. The Balaban J connectivity index is 1.88. The zero-order chi connectivity index (χ0) is 13.5. The van der Waals surface area contributed by atoms with E-state index < -0.39 is 0 Å². The minimum absolute atomic E-state index is 0.808. The lowest BCUT2D eigenvalue weighted by molar-refractivity contribution is 0.126. The molecule has 19 heavy (non-hydrogen) atoms. The lowest BCUT2D eigenvalue weighted by atomic mass is 9.97. The number of ether oxygens (including phenoxy) is 1. The molecule has 5 heteroatoms. The van der Waals surface area contributed by atoms with Crippen LogP contribution in [0.4, 0.5) is 0 Å². The Bertz CT molecular complexity index is 363. The summed E-state index contributed by atoms with van der Waals surface area (Å²) in [7, 11) is 1.78. The van der Waals surface area contributed by atoms with Gasteiger partial charge in [-0.05, 0) is 38.8 Å². The standard InChI is InChI=1S/C14H25N3OS/c1-12-14(19-11-16-12)10-17(7-8-18-2)9-13-3-5-15-6-4-13/h11,13,15H,3-10H2,1-2H3. The van der Waals surface area contributed by atoms with Crippen LogP contribution in [0.5, 0.6) is 0 Å². The number of piperidine rings is 1. The Hall–Kier alpha value is -0.490. The van der Waals surface area contributed by atoms with Crippen LogP contribution in [0.3, 0.4) is 0 Å². The van der Waals surface area contributed by atoms with E-state index in [4.69, 9.17) is 4.74 Å². The summed E-state index contributed by atoms with van der Waals surface area (Å²) in [6.45, 7) is 8.46. The molecule has 0 aliphatic carbocycles. The van der Waals surface area contributed by atoms with Crippen LogP contribution in [-0.4, -0.2) is 49.8 Å². The molecule has 1 aromatic rings. The summed E-state index contributed by atoms with van der Waals surface area (Å²) in [5.74, 6) is 0.825. The van der Waals surface area contributed by atoms with Gasteiger partial charge in [-0.2, -0.15) is 0 Å². The Kier molecular flexibility index (Phi) is 6.23. The largest absolute Gasteiger partial charge is 0.383 e. The Labute approximate surface area is 120 Å². The molecule has 1 fully saturated rings. The summed E-state index contributed by atoms with van der Waals surface area (Å²) in [4.78, 5) is 8.27. The van der Waals surface area contributed by atoms with Gasteiger partial charge in [0.15, 0.2) is 0 Å². The van der Waals surface area contributed by atoms with E-state index in [1.165, 1.54) is 43.0 Å². The van der Waals surface area contributed by atoms with Gasteiger partial charge in [0.1, 0.15) is 0 Å². The summed E-state index contributed by atoms with van der Waals surface area (Å²) in [5.41, 5.74) is 3.13. The van der Waals surface area contributed by atoms with E-state index in [9.17, 15) is 0 Å². The number of thiazole rings is 1. The van der Waals surface area contributed by atoms with E-state index in [2.05, 4.69) is 22.1 Å². The maximum atomic E-state index is 5.24. The number of aryl methyl sites for hydroxylation is 1. The van der Waals surface area contributed by atoms with Crippen LogP contribution in [0.1, 0.15) is 23.4 Å². The van der Waals surface area contributed by atoms with Crippen molar-refractivity contribution in [1.82, 2.24) is 15.2 Å². The average molecular weight is 283 g/mol. The smallest absolute Gasteiger partial charge is 0.0798 e. The van der Waals surface area contributed by atoms with Crippen molar-refractivity contribution in [3.05, 3.63) is 16.1 Å². The number of hydrogen-bond donors (Lipinski definition) is 1. The number of aromatic nitrogens is 1. The van der Waals surface area contributed by atoms with Gasteiger partial charge >= 0.3 is 0 Å². The minimum atomic E-state index is 0.808. The lowest BCUT2D eigenvalue weighted by Crippen LogP contribution is -2.37. The molecule has 2 rings (SSSR count). The SMILES string of the molecule is COCCN(Cc1scnc1C)CC1CCNCC1. The topological polar surface area (TPSA) is 37.4 Å². The van der Waals surface area contributed by atoms with Crippen LogP contribution < -0.4 is 5.32 Å². The van der Waals surface area contributed by atoms with Crippen molar-refractivity contribution in [3.8, 4) is 0 Å². The van der Waals surface area contributed by atoms with Crippen LogP contribution in [-0.2, 0) is 11.3 Å². The third-order valence-corrected chi connectivity index (χ3v) is 4.72. The van der Waals surface area contributed by atoms with Crippen molar-refractivity contribution in [2.75, 3.05) is 39.9 Å². The third kappa shape index (κ3) is 4.84. The fourth-order valence-electron chi connectivity index (χ4n) is 2.57. The predicted molar refractivity (Wildman–Crippen MR) is 79.6 cm³/mol. The zero-order valence-corrected chi connectivity index (χ0v) is 12.8. The first-order valence-corrected chi connectivity index (χ1v) is 7.98. The minimum Gasteiger partial charge on any atom is -0.383 e. The van der Waals surface area contributed by atoms with Gasteiger partial charge in [-0.15, -0.1) is 11.3 Å². The fraction of sp³-hybridized carbons (Fsp3) is 0.786. The van der Waals surface area contributed by atoms with Crippen LogP contribution in [0.25, 0.3) is 0 Å². The first-order chi connectivity index (χ1) is 9.29. The fourth-order valence-corrected chi connectivity index (χ4v) is 3.38. The number of methoxy groups -OCH3 is 1. The van der Waals surface area contributed by atoms with Crippen molar-refractivity contribution >= 4 is 11.3 Å². The highest BCUT2D eigenvalue weighted by Gasteiger charge is 2.18. The van der Waals surface area contributed by atoms with Crippen molar-refractivity contribution in [1.29, 1.82) is 0 Å². The third-order valence-electron chi connectivity index (χ3n) is 3.80. The number of hydrogen-bond acceptors (Lipinski definition) is 5. The summed E-state index contributed by atoms with van der Waals surface area (Å²) < 4.78 is 5.24. The quantitative estimate of drug-likeness (QED) is 0.829. The summed E-state index contributed by atoms with van der Waals surface area (Å²) in [6.07, 6.45) is 2.59. The molecule has 1 saturated heterocycles. The molecule has 1 aromatic heterocycles. The number of nitrogens with zero attached hydrogens (tertiary/aromatic N) is 2. The maximum absolute atomic E-state index is 5.24. The summed E-state index contributed by atoms with van der Waals surface area (Å²) in [6, 6.07) is 0. The molecule has 0 bridgehead atoms. The van der Waals surface area contributed by atoms with E-state index in [1.54, 1.807) is 18.4 Å². The second-order valence-corrected chi connectivity index (χ2v) is 6.22. The molecule has 0 spiro atoms. The average Bonchev–Trinajstić information content (AvgIpc) is 2.83. The van der Waals surface area contributed by atoms with Gasteiger partial charge in [-0.1, -0.05) is 0 Å².